The fourth-order valence-corrected chi connectivity index (χ4v) is 2.81. The molecule has 2 fully saturated rings. The molecule has 1 aromatic carbocycles. The molecule has 1 atom stereocenters. The van der Waals surface area contributed by atoms with Gasteiger partial charge in [0.2, 0.25) is 0 Å². The van der Waals surface area contributed by atoms with E-state index in [1.807, 2.05) is 12.1 Å². The maximum Gasteiger partial charge on any atom is 0.119 e. The zero-order valence-electron chi connectivity index (χ0n) is 12.4. The van der Waals surface area contributed by atoms with Crippen molar-refractivity contribution in [1.29, 1.82) is 0 Å². The summed E-state index contributed by atoms with van der Waals surface area (Å²) in [5, 5.41) is 0. The molecule has 0 heterocycles. The Kier molecular flexibility index (Phi) is 4.27. The van der Waals surface area contributed by atoms with E-state index in [0.29, 0.717) is 0 Å². The van der Waals surface area contributed by atoms with Crippen LogP contribution in [0, 0.1) is 11.8 Å². The highest BCUT2D eigenvalue weighted by Crippen LogP contribution is 2.34. The molecule has 0 spiro atoms. The highest BCUT2D eigenvalue weighted by molar-refractivity contribution is 5.30. The summed E-state index contributed by atoms with van der Waals surface area (Å²) in [6, 6.07) is 8.27. The lowest BCUT2D eigenvalue weighted by molar-refractivity contribution is 0.238. The molecule has 2 aliphatic rings. The Morgan fingerprint density at radius 3 is 2.40 bits per heavy atom. The van der Waals surface area contributed by atoms with Gasteiger partial charge in [0.1, 0.15) is 5.75 Å². The second-order valence-electron chi connectivity index (χ2n) is 6.49. The minimum absolute atomic E-state index is 0.0857. The summed E-state index contributed by atoms with van der Waals surface area (Å²) < 4.78 is 5.29. The second kappa shape index (κ2) is 6.15. The molecule has 0 saturated heterocycles. The van der Waals surface area contributed by atoms with Gasteiger partial charge in [-0.1, -0.05) is 12.1 Å². The Balaban J connectivity index is 1.59. The maximum atomic E-state index is 6.41. The summed E-state index contributed by atoms with van der Waals surface area (Å²) in [7, 11) is 1.71. The molecule has 2 N–H and O–H groups in total. The molecule has 20 heavy (non-hydrogen) atoms. The van der Waals surface area contributed by atoms with Gasteiger partial charge in [0, 0.05) is 25.7 Å². The molecule has 3 rings (SSSR count). The first-order valence-electron chi connectivity index (χ1n) is 7.86. The van der Waals surface area contributed by atoms with Crippen molar-refractivity contribution in [3.05, 3.63) is 29.8 Å². The van der Waals surface area contributed by atoms with Crippen molar-refractivity contribution in [2.24, 2.45) is 17.6 Å². The molecule has 1 aromatic rings. The Morgan fingerprint density at radius 1 is 1.20 bits per heavy atom. The van der Waals surface area contributed by atoms with E-state index in [4.69, 9.17) is 10.5 Å². The minimum atomic E-state index is 0.0857. The van der Waals surface area contributed by atoms with Crippen LogP contribution in [0.3, 0.4) is 0 Å². The van der Waals surface area contributed by atoms with Crippen LogP contribution in [0.5, 0.6) is 5.75 Å². The van der Waals surface area contributed by atoms with Crippen molar-refractivity contribution in [3.63, 3.8) is 0 Å². The summed E-state index contributed by atoms with van der Waals surface area (Å²) in [5.41, 5.74) is 7.60. The zero-order chi connectivity index (χ0) is 13.9. The topological polar surface area (TPSA) is 38.5 Å². The quantitative estimate of drug-likeness (QED) is 0.792. The number of nitrogens with zero attached hydrogens (tertiary/aromatic N) is 1. The predicted molar refractivity (Wildman–Crippen MR) is 81.8 cm³/mol. The van der Waals surface area contributed by atoms with Crippen LogP contribution < -0.4 is 10.5 Å². The van der Waals surface area contributed by atoms with Crippen molar-refractivity contribution in [3.8, 4) is 5.75 Å². The molecule has 0 radical (unpaired) electrons. The Labute approximate surface area is 122 Å². The number of rotatable bonds is 8. The van der Waals surface area contributed by atoms with Crippen LogP contribution in [-0.4, -0.2) is 31.6 Å². The van der Waals surface area contributed by atoms with Crippen LogP contribution in [0.1, 0.15) is 37.3 Å². The van der Waals surface area contributed by atoms with E-state index in [9.17, 15) is 0 Å². The third-order valence-corrected chi connectivity index (χ3v) is 4.40. The largest absolute Gasteiger partial charge is 0.497 e. The molecule has 2 aliphatic carbocycles. The molecular formula is C17H26N2O. The lowest BCUT2D eigenvalue weighted by Crippen LogP contribution is -2.35. The fraction of sp³-hybridized carbons (Fsp3) is 0.647. The van der Waals surface area contributed by atoms with E-state index in [0.717, 1.165) is 24.1 Å². The summed E-state index contributed by atoms with van der Waals surface area (Å²) in [4.78, 5) is 2.60. The Morgan fingerprint density at radius 2 is 1.85 bits per heavy atom. The molecule has 3 heteroatoms. The first-order chi connectivity index (χ1) is 9.74. The Bertz CT molecular complexity index is 426. The van der Waals surface area contributed by atoms with E-state index in [-0.39, 0.29) is 6.04 Å². The number of nitrogens with two attached hydrogens (primary N) is 1. The van der Waals surface area contributed by atoms with Crippen LogP contribution in [0.15, 0.2) is 24.3 Å². The number of hydrogen-bond acceptors (Lipinski definition) is 3. The van der Waals surface area contributed by atoms with Gasteiger partial charge in [-0.3, -0.25) is 0 Å². The molecule has 0 aromatic heterocycles. The normalized spacial score (nSPS) is 20.1. The highest BCUT2D eigenvalue weighted by Gasteiger charge is 2.29. The van der Waals surface area contributed by atoms with E-state index < -0.39 is 0 Å². The van der Waals surface area contributed by atoms with Crippen LogP contribution in [0.2, 0.25) is 0 Å². The Hall–Kier alpha value is -1.06. The molecule has 110 valence electrons. The predicted octanol–water partition coefficient (Wildman–Crippen LogP) is 2.82. The number of methoxy groups -OCH3 is 1. The first-order valence-corrected chi connectivity index (χ1v) is 7.86. The van der Waals surface area contributed by atoms with Crippen molar-refractivity contribution in [2.45, 2.75) is 31.7 Å². The summed E-state index contributed by atoms with van der Waals surface area (Å²) in [6.07, 6.45) is 5.65. The van der Waals surface area contributed by atoms with Crippen molar-refractivity contribution in [1.82, 2.24) is 4.90 Å². The van der Waals surface area contributed by atoms with Gasteiger partial charge in [-0.25, -0.2) is 0 Å². The maximum absolute atomic E-state index is 6.41. The van der Waals surface area contributed by atoms with Crippen LogP contribution >= 0.6 is 0 Å². The van der Waals surface area contributed by atoms with Gasteiger partial charge in [-0.15, -0.1) is 0 Å². The SMILES string of the molecule is COc1cccc(C(N)CN(CC2CC2)CC2CC2)c1. The van der Waals surface area contributed by atoms with Crippen molar-refractivity contribution >= 4 is 0 Å². The zero-order valence-corrected chi connectivity index (χ0v) is 12.4. The highest BCUT2D eigenvalue weighted by atomic mass is 16.5. The average molecular weight is 274 g/mol. The summed E-state index contributed by atoms with van der Waals surface area (Å²) in [5.74, 6) is 2.77. The second-order valence-corrected chi connectivity index (χ2v) is 6.49. The van der Waals surface area contributed by atoms with E-state index in [1.165, 1.54) is 44.3 Å². The molecule has 3 nitrogen and oxygen atoms in total. The lowest BCUT2D eigenvalue weighted by Gasteiger charge is -2.26. The fourth-order valence-electron chi connectivity index (χ4n) is 2.81. The molecular weight excluding hydrogens is 248 g/mol. The van der Waals surface area contributed by atoms with E-state index >= 15 is 0 Å². The monoisotopic (exact) mass is 274 g/mol. The summed E-state index contributed by atoms with van der Waals surface area (Å²) >= 11 is 0. The standard InChI is InChI=1S/C17H26N2O/c1-20-16-4-2-3-15(9-16)17(18)12-19(10-13-5-6-13)11-14-7-8-14/h2-4,9,13-14,17H,5-8,10-12,18H2,1H3. The van der Waals surface area contributed by atoms with Gasteiger partial charge >= 0.3 is 0 Å². The summed E-state index contributed by atoms with van der Waals surface area (Å²) in [6.45, 7) is 3.46. The van der Waals surface area contributed by atoms with Gasteiger partial charge in [-0.05, 0) is 55.2 Å². The van der Waals surface area contributed by atoms with Crippen molar-refractivity contribution in [2.75, 3.05) is 26.7 Å². The van der Waals surface area contributed by atoms with Crippen LogP contribution in [-0.2, 0) is 0 Å². The van der Waals surface area contributed by atoms with Gasteiger partial charge in [0.25, 0.3) is 0 Å². The molecule has 1 unspecified atom stereocenters. The lowest BCUT2D eigenvalue weighted by atomic mass is 10.1. The van der Waals surface area contributed by atoms with Gasteiger partial charge in [0.05, 0.1) is 7.11 Å². The average Bonchev–Trinajstić information content (AvgIpc) is 3.35. The molecule has 0 bridgehead atoms. The smallest absolute Gasteiger partial charge is 0.119 e. The van der Waals surface area contributed by atoms with Gasteiger partial charge in [0.15, 0.2) is 0 Å². The van der Waals surface area contributed by atoms with Gasteiger partial charge < -0.3 is 15.4 Å². The van der Waals surface area contributed by atoms with Crippen molar-refractivity contribution < 1.29 is 4.74 Å². The third-order valence-electron chi connectivity index (χ3n) is 4.40. The number of hydrogen-bond donors (Lipinski definition) is 1. The molecule has 0 aliphatic heterocycles. The third kappa shape index (κ3) is 3.97. The van der Waals surface area contributed by atoms with Crippen LogP contribution in [0.4, 0.5) is 0 Å². The minimum Gasteiger partial charge on any atom is -0.497 e. The van der Waals surface area contributed by atoms with E-state index in [1.54, 1.807) is 7.11 Å². The van der Waals surface area contributed by atoms with Gasteiger partial charge in [-0.2, -0.15) is 0 Å². The first kappa shape index (κ1) is 13.9. The van der Waals surface area contributed by atoms with Crippen LogP contribution in [0.25, 0.3) is 0 Å². The van der Waals surface area contributed by atoms with E-state index in [2.05, 4.69) is 17.0 Å². The molecule has 0 amide bonds. The molecule has 2 saturated carbocycles. The number of ether oxygens (including phenoxy) is 1. The number of benzene rings is 1.